The molecular weight excluding hydrogens is 411 g/mol. The smallest absolute Gasteiger partial charge is 0.308 e. The first kappa shape index (κ1) is 22.2. The van der Waals surface area contributed by atoms with E-state index in [1.807, 2.05) is 18.2 Å². The van der Waals surface area contributed by atoms with E-state index in [2.05, 4.69) is 10.6 Å². The van der Waals surface area contributed by atoms with E-state index in [0.717, 1.165) is 11.1 Å². The van der Waals surface area contributed by atoms with Gasteiger partial charge in [-0.2, -0.15) is 0 Å². The van der Waals surface area contributed by atoms with E-state index in [4.69, 9.17) is 21.8 Å². The number of carboxylic acid groups (broad SMARTS) is 2. The number of aliphatic carboxylic acids is 2. The second-order valence-electron chi connectivity index (χ2n) is 7.49. The number of carboxylic acids is 2. The monoisotopic (exact) mass is 434 g/mol. The van der Waals surface area contributed by atoms with Gasteiger partial charge in [0.25, 0.3) is 0 Å². The van der Waals surface area contributed by atoms with Crippen LogP contribution < -0.4 is 10.6 Å². The normalized spacial score (nSPS) is 25.4. The lowest BCUT2D eigenvalue weighted by Crippen LogP contribution is -2.21. The minimum Gasteiger partial charge on any atom is -0.481 e. The first-order valence-corrected chi connectivity index (χ1v) is 10.1. The van der Waals surface area contributed by atoms with Crippen LogP contribution in [0.1, 0.15) is 23.0 Å². The van der Waals surface area contributed by atoms with Crippen molar-refractivity contribution in [3.8, 4) is 0 Å². The van der Waals surface area contributed by atoms with Crippen LogP contribution in [0.15, 0.2) is 48.5 Å². The third-order valence-corrected chi connectivity index (χ3v) is 6.01. The predicted octanol–water partition coefficient (Wildman–Crippen LogP) is 2.94. The maximum Gasteiger partial charge on any atom is 0.308 e. The van der Waals surface area contributed by atoms with Crippen molar-refractivity contribution in [2.24, 2.45) is 11.8 Å². The first-order valence-electron chi connectivity index (χ1n) is 9.75. The van der Waals surface area contributed by atoms with Crippen LogP contribution in [0.2, 0.25) is 5.02 Å². The van der Waals surface area contributed by atoms with Gasteiger partial charge in [-0.05, 0) is 29.3 Å². The molecule has 30 heavy (non-hydrogen) atoms. The van der Waals surface area contributed by atoms with Crippen LogP contribution >= 0.6 is 11.6 Å². The molecule has 0 spiro atoms. The Balaban J connectivity index is 0.000000171. The fourth-order valence-electron chi connectivity index (χ4n) is 4.04. The maximum atomic E-state index is 12.7. The van der Waals surface area contributed by atoms with Crippen molar-refractivity contribution in [2.75, 3.05) is 26.2 Å². The van der Waals surface area contributed by atoms with E-state index in [1.54, 1.807) is 18.2 Å². The summed E-state index contributed by atoms with van der Waals surface area (Å²) < 4.78 is 12.7. The molecule has 2 fully saturated rings. The van der Waals surface area contributed by atoms with Crippen LogP contribution in [0, 0.1) is 17.7 Å². The zero-order chi connectivity index (χ0) is 21.7. The van der Waals surface area contributed by atoms with Crippen LogP contribution in [0.25, 0.3) is 0 Å². The van der Waals surface area contributed by atoms with E-state index in [-0.39, 0.29) is 23.6 Å². The van der Waals surface area contributed by atoms with Crippen molar-refractivity contribution in [3.05, 3.63) is 70.5 Å². The Morgan fingerprint density at radius 2 is 1.37 bits per heavy atom. The SMILES string of the molecule is O=C(O)[C@@H]1CNC[C@H]1c1ccc(F)cc1.O=C(O)[C@@H]1CNC[C@H]1c1ccccc1Cl. The summed E-state index contributed by atoms with van der Waals surface area (Å²) in [7, 11) is 0. The van der Waals surface area contributed by atoms with Gasteiger partial charge in [-0.25, -0.2) is 4.39 Å². The Kier molecular flexibility index (Phi) is 7.42. The second-order valence-corrected chi connectivity index (χ2v) is 7.90. The number of nitrogens with one attached hydrogen (secondary N) is 2. The summed E-state index contributed by atoms with van der Waals surface area (Å²) >= 11 is 6.05. The molecule has 0 bridgehead atoms. The largest absolute Gasteiger partial charge is 0.481 e. The van der Waals surface area contributed by atoms with Crippen molar-refractivity contribution in [1.29, 1.82) is 0 Å². The van der Waals surface area contributed by atoms with Crippen molar-refractivity contribution in [3.63, 3.8) is 0 Å². The topological polar surface area (TPSA) is 98.7 Å². The molecule has 2 aromatic carbocycles. The van der Waals surface area contributed by atoms with Crippen molar-refractivity contribution < 1.29 is 24.2 Å². The van der Waals surface area contributed by atoms with Gasteiger partial charge in [-0.1, -0.05) is 41.9 Å². The molecule has 0 amide bonds. The molecule has 160 valence electrons. The van der Waals surface area contributed by atoms with E-state index in [1.165, 1.54) is 12.1 Å². The molecule has 2 aliphatic heterocycles. The molecular formula is C22H24ClFN2O4. The number of hydrogen-bond donors (Lipinski definition) is 4. The summed E-state index contributed by atoms with van der Waals surface area (Å²) in [5, 5.41) is 24.8. The first-order chi connectivity index (χ1) is 14.4. The lowest BCUT2D eigenvalue weighted by molar-refractivity contribution is -0.142. The second kappa shape index (κ2) is 10.0. The molecule has 0 aromatic heterocycles. The van der Waals surface area contributed by atoms with Gasteiger partial charge in [0.1, 0.15) is 5.82 Å². The minimum atomic E-state index is -0.797. The highest BCUT2D eigenvalue weighted by atomic mass is 35.5. The summed E-state index contributed by atoms with van der Waals surface area (Å²) in [5.41, 5.74) is 1.81. The summed E-state index contributed by atoms with van der Waals surface area (Å²) in [5.74, 6) is -2.70. The van der Waals surface area contributed by atoms with E-state index >= 15 is 0 Å². The quantitative estimate of drug-likeness (QED) is 0.590. The van der Waals surface area contributed by atoms with Crippen molar-refractivity contribution in [1.82, 2.24) is 10.6 Å². The molecule has 2 aromatic rings. The maximum absolute atomic E-state index is 12.7. The Hall–Kier alpha value is -2.48. The van der Waals surface area contributed by atoms with Gasteiger partial charge in [0, 0.05) is 43.0 Å². The van der Waals surface area contributed by atoms with Gasteiger partial charge in [0.2, 0.25) is 0 Å². The molecule has 8 heteroatoms. The minimum absolute atomic E-state index is 0.0174. The summed E-state index contributed by atoms with van der Waals surface area (Å²) in [6, 6.07) is 13.5. The third-order valence-electron chi connectivity index (χ3n) is 5.67. The van der Waals surface area contributed by atoms with Crippen molar-refractivity contribution >= 4 is 23.5 Å². The molecule has 0 saturated carbocycles. The lowest BCUT2D eigenvalue weighted by Gasteiger charge is -2.16. The molecule has 2 heterocycles. The fourth-order valence-corrected chi connectivity index (χ4v) is 4.32. The molecule has 6 nitrogen and oxygen atoms in total. The summed E-state index contributed by atoms with van der Waals surface area (Å²) in [4.78, 5) is 22.0. The number of carbonyl (C=O) groups is 2. The molecule has 4 rings (SSSR count). The van der Waals surface area contributed by atoms with Gasteiger partial charge < -0.3 is 20.8 Å². The Morgan fingerprint density at radius 1 is 0.833 bits per heavy atom. The molecule has 4 N–H and O–H groups in total. The van der Waals surface area contributed by atoms with Gasteiger partial charge in [0.15, 0.2) is 0 Å². The van der Waals surface area contributed by atoms with Gasteiger partial charge in [-0.3, -0.25) is 9.59 Å². The lowest BCUT2D eigenvalue weighted by atomic mass is 9.89. The number of halogens is 2. The van der Waals surface area contributed by atoms with Crippen LogP contribution in [0.4, 0.5) is 4.39 Å². The average molecular weight is 435 g/mol. The van der Waals surface area contributed by atoms with Crippen LogP contribution in [0.5, 0.6) is 0 Å². The fraction of sp³-hybridized carbons (Fsp3) is 0.364. The standard InChI is InChI=1S/C11H12ClNO2.C11H12FNO2/c12-10-4-2-1-3-7(10)8-5-13-6-9(8)11(14)15;12-8-3-1-7(2-4-8)9-5-13-6-10(9)11(14)15/h1-4,8-9,13H,5-6H2,(H,14,15);1-4,9-10,13H,5-6H2,(H,14,15)/t8-,9+;9-,10+/m00/s1. The van der Waals surface area contributed by atoms with Gasteiger partial charge in [-0.15, -0.1) is 0 Å². The predicted molar refractivity (Wildman–Crippen MR) is 111 cm³/mol. The van der Waals surface area contributed by atoms with E-state index in [9.17, 15) is 14.0 Å². The highest BCUT2D eigenvalue weighted by Gasteiger charge is 2.35. The van der Waals surface area contributed by atoms with Gasteiger partial charge in [0.05, 0.1) is 11.8 Å². The number of rotatable bonds is 4. The average Bonchev–Trinajstić information content (AvgIpc) is 3.39. The molecule has 2 saturated heterocycles. The Morgan fingerprint density at radius 3 is 1.93 bits per heavy atom. The molecule has 0 radical (unpaired) electrons. The van der Waals surface area contributed by atoms with Crippen LogP contribution in [-0.4, -0.2) is 48.3 Å². The summed E-state index contributed by atoms with van der Waals surface area (Å²) in [6.07, 6.45) is 0. The Bertz CT molecular complexity index is 893. The molecule has 0 unspecified atom stereocenters. The van der Waals surface area contributed by atoms with E-state index in [0.29, 0.717) is 31.2 Å². The highest BCUT2D eigenvalue weighted by Crippen LogP contribution is 2.32. The summed E-state index contributed by atoms with van der Waals surface area (Å²) in [6.45, 7) is 2.33. The highest BCUT2D eigenvalue weighted by molar-refractivity contribution is 6.31. The Labute approximate surface area is 179 Å². The number of benzene rings is 2. The molecule has 0 aliphatic carbocycles. The van der Waals surface area contributed by atoms with E-state index < -0.39 is 17.9 Å². The van der Waals surface area contributed by atoms with Crippen LogP contribution in [0.3, 0.4) is 0 Å². The van der Waals surface area contributed by atoms with Crippen molar-refractivity contribution in [2.45, 2.75) is 11.8 Å². The van der Waals surface area contributed by atoms with Crippen LogP contribution in [-0.2, 0) is 9.59 Å². The zero-order valence-corrected chi connectivity index (χ0v) is 17.0. The zero-order valence-electron chi connectivity index (χ0n) is 16.2. The van der Waals surface area contributed by atoms with Gasteiger partial charge >= 0.3 is 11.9 Å². The number of hydrogen-bond acceptors (Lipinski definition) is 4. The molecule has 4 atom stereocenters. The third kappa shape index (κ3) is 5.16. The molecule has 2 aliphatic rings.